The van der Waals surface area contributed by atoms with Gasteiger partial charge in [0.05, 0.1) is 17.8 Å². The molecular weight excluding hydrogens is 352 g/mol. The number of aromatic nitrogens is 2. The SMILES string of the molecule is CCCNC(=O)C1CCN(C(=O)c2c(C)nn(Cc3ccccc3)c2C)CC1. The highest BCUT2D eigenvalue weighted by molar-refractivity contribution is 5.96. The van der Waals surface area contributed by atoms with Crippen LogP contribution in [0.25, 0.3) is 0 Å². The summed E-state index contributed by atoms with van der Waals surface area (Å²) >= 11 is 0. The largest absolute Gasteiger partial charge is 0.356 e. The van der Waals surface area contributed by atoms with Gasteiger partial charge in [-0.05, 0) is 38.7 Å². The second-order valence-corrected chi connectivity index (χ2v) is 7.55. The zero-order valence-electron chi connectivity index (χ0n) is 17.1. The maximum Gasteiger partial charge on any atom is 0.257 e. The Kier molecular flexibility index (Phi) is 6.49. The molecule has 3 rings (SSSR count). The number of rotatable bonds is 6. The summed E-state index contributed by atoms with van der Waals surface area (Å²) in [6.45, 7) is 8.51. The number of hydrogen-bond donors (Lipinski definition) is 1. The highest BCUT2D eigenvalue weighted by atomic mass is 16.2. The lowest BCUT2D eigenvalue weighted by atomic mass is 9.95. The van der Waals surface area contributed by atoms with Crippen molar-refractivity contribution in [1.82, 2.24) is 20.0 Å². The van der Waals surface area contributed by atoms with Gasteiger partial charge in [0.1, 0.15) is 0 Å². The van der Waals surface area contributed by atoms with E-state index in [2.05, 4.69) is 22.5 Å². The zero-order valence-corrected chi connectivity index (χ0v) is 17.1. The minimum absolute atomic E-state index is 0.0126. The molecule has 0 radical (unpaired) electrons. The Bertz CT molecular complexity index is 821. The molecular formula is C22H30N4O2. The Morgan fingerprint density at radius 3 is 2.46 bits per heavy atom. The molecule has 2 aromatic rings. The summed E-state index contributed by atoms with van der Waals surface area (Å²) in [6.07, 6.45) is 2.38. The Morgan fingerprint density at radius 1 is 1.14 bits per heavy atom. The van der Waals surface area contributed by atoms with Gasteiger partial charge in [-0.1, -0.05) is 37.3 Å². The molecule has 0 aliphatic carbocycles. The molecule has 0 atom stereocenters. The van der Waals surface area contributed by atoms with Crippen LogP contribution in [0.4, 0.5) is 0 Å². The minimum Gasteiger partial charge on any atom is -0.356 e. The molecule has 1 aromatic carbocycles. The van der Waals surface area contributed by atoms with Gasteiger partial charge in [0, 0.05) is 31.2 Å². The summed E-state index contributed by atoms with van der Waals surface area (Å²) in [5, 5.41) is 7.57. The average molecular weight is 383 g/mol. The second kappa shape index (κ2) is 9.04. The van der Waals surface area contributed by atoms with Gasteiger partial charge in [-0.25, -0.2) is 0 Å². The number of aryl methyl sites for hydroxylation is 1. The fraction of sp³-hybridized carbons (Fsp3) is 0.500. The molecule has 1 N–H and O–H groups in total. The summed E-state index contributed by atoms with van der Waals surface area (Å²) in [6, 6.07) is 10.1. The molecule has 0 bridgehead atoms. The van der Waals surface area contributed by atoms with Crippen LogP contribution in [0, 0.1) is 19.8 Å². The third-order valence-electron chi connectivity index (χ3n) is 5.47. The van der Waals surface area contributed by atoms with E-state index in [1.165, 1.54) is 0 Å². The molecule has 2 amide bonds. The van der Waals surface area contributed by atoms with Crippen LogP contribution in [-0.4, -0.2) is 46.1 Å². The first-order valence-corrected chi connectivity index (χ1v) is 10.2. The Morgan fingerprint density at radius 2 is 1.82 bits per heavy atom. The average Bonchev–Trinajstić information content (AvgIpc) is 2.99. The Balaban J connectivity index is 1.66. The summed E-state index contributed by atoms with van der Waals surface area (Å²) in [4.78, 5) is 27.2. The standard InChI is InChI=1S/C22H30N4O2/c1-4-12-23-21(27)19-10-13-25(14-11-19)22(28)20-16(2)24-26(17(20)3)15-18-8-6-5-7-9-18/h5-9,19H,4,10-15H2,1-3H3,(H,23,27). The number of hydrogen-bond acceptors (Lipinski definition) is 3. The molecule has 6 nitrogen and oxygen atoms in total. The second-order valence-electron chi connectivity index (χ2n) is 7.55. The van der Waals surface area contributed by atoms with E-state index in [0.29, 0.717) is 25.2 Å². The van der Waals surface area contributed by atoms with E-state index in [1.807, 2.05) is 48.6 Å². The van der Waals surface area contributed by atoms with Crippen molar-refractivity contribution in [2.45, 2.75) is 46.6 Å². The molecule has 1 fully saturated rings. The van der Waals surface area contributed by atoms with Crippen molar-refractivity contribution < 1.29 is 9.59 Å². The number of likely N-dealkylation sites (tertiary alicyclic amines) is 1. The zero-order chi connectivity index (χ0) is 20.1. The van der Waals surface area contributed by atoms with E-state index in [4.69, 9.17) is 0 Å². The fourth-order valence-corrected chi connectivity index (χ4v) is 3.81. The van der Waals surface area contributed by atoms with Crippen LogP contribution in [-0.2, 0) is 11.3 Å². The van der Waals surface area contributed by atoms with Crippen molar-refractivity contribution in [3.8, 4) is 0 Å². The first kappa shape index (κ1) is 20.1. The van der Waals surface area contributed by atoms with Crippen molar-refractivity contribution in [1.29, 1.82) is 0 Å². The van der Waals surface area contributed by atoms with E-state index in [-0.39, 0.29) is 17.7 Å². The lowest BCUT2D eigenvalue weighted by Gasteiger charge is -2.31. The number of piperidine rings is 1. The minimum atomic E-state index is 0.0126. The number of benzene rings is 1. The van der Waals surface area contributed by atoms with Gasteiger partial charge in [0.2, 0.25) is 5.91 Å². The quantitative estimate of drug-likeness (QED) is 0.835. The smallest absolute Gasteiger partial charge is 0.257 e. The van der Waals surface area contributed by atoms with Crippen LogP contribution < -0.4 is 5.32 Å². The molecule has 0 saturated carbocycles. The number of carbonyl (C=O) groups is 2. The first-order chi connectivity index (χ1) is 13.5. The number of amides is 2. The third-order valence-corrected chi connectivity index (χ3v) is 5.47. The normalized spacial score (nSPS) is 14.9. The van der Waals surface area contributed by atoms with Crippen molar-refractivity contribution in [3.63, 3.8) is 0 Å². The van der Waals surface area contributed by atoms with Crippen LogP contribution in [0.15, 0.2) is 30.3 Å². The van der Waals surface area contributed by atoms with Crippen LogP contribution in [0.5, 0.6) is 0 Å². The maximum atomic E-state index is 13.1. The van der Waals surface area contributed by atoms with E-state index in [1.54, 1.807) is 0 Å². The van der Waals surface area contributed by atoms with Crippen molar-refractivity contribution in [2.75, 3.05) is 19.6 Å². The highest BCUT2D eigenvalue weighted by Crippen LogP contribution is 2.22. The number of carbonyl (C=O) groups excluding carboxylic acids is 2. The number of nitrogens with zero attached hydrogens (tertiary/aromatic N) is 3. The Labute approximate surface area is 166 Å². The van der Waals surface area contributed by atoms with E-state index in [0.717, 1.165) is 42.8 Å². The monoisotopic (exact) mass is 382 g/mol. The van der Waals surface area contributed by atoms with Gasteiger partial charge < -0.3 is 10.2 Å². The predicted octanol–water partition coefficient (Wildman–Crippen LogP) is 2.93. The summed E-state index contributed by atoms with van der Waals surface area (Å²) in [5.41, 5.74) is 3.52. The van der Waals surface area contributed by atoms with E-state index >= 15 is 0 Å². The Hall–Kier alpha value is -2.63. The molecule has 0 unspecified atom stereocenters. The first-order valence-electron chi connectivity index (χ1n) is 10.2. The van der Waals surface area contributed by atoms with Gasteiger partial charge in [-0.2, -0.15) is 5.10 Å². The van der Waals surface area contributed by atoms with Crippen molar-refractivity contribution in [3.05, 3.63) is 52.8 Å². The fourth-order valence-electron chi connectivity index (χ4n) is 3.81. The van der Waals surface area contributed by atoms with Crippen LogP contribution in [0.2, 0.25) is 0 Å². The van der Waals surface area contributed by atoms with Gasteiger partial charge in [-0.3, -0.25) is 14.3 Å². The predicted molar refractivity (Wildman–Crippen MR) is 109 cm³/mol. The lowest BCUT2D eigenvalue weighted by Crippen LogP contribution is -2.43. The topological polar surface area (TPSA) is 67.2 Å². The molecule has 1 aromatic heterocycles. The van der Waals surface area contributed by atoms with Gasteiger partial charge in [0.15, 0.2) is 0 Å². The van der Waals surface area contributed by atoms with E-state index in [9.17, 15) is 9.59 Å². The van der Waals surface area contributed by atoms with E-state index < -0.39 is 0 Å². The van der Waals surface area contributed by atoms with Crippen LogP contribution in [0.3, 0.4) is 0 Å². The third kappa shape index (κ3) is 4.43. The molecule has 1 aliphatic rings. The molecule has 1 saturated heterocycles. The molecule has 28 heavy (non-hydrogen) atoms. The lowest BCUT2D eigenvalue weighted by molar-refractivity contribution is -0.126. The van der Waals surface area contributed by atoms with Crippen LogP contribution >= 0.6 is 0 Å². The summed E-state index contributed by atoms with van der Waals surface area (Å²) in [5.74, 6) is 0.164. The molecule has 150 valence electrons. The summed E-state index contributed by atoms with van der Waals surface area (Å²) < 4.78 is 1.91. The summed E-state index contributed by atoms with van der Waals surface area (Å²) in [7, 11) is 0. The number of nitrogens with one attached hydrogen (secondary N) is 1. The van der Waals surface area contributed by atoms with Crippen molar-refractivity contribution >= 4 is 11.8 Å². The van der Waals surface area contributed by atoms with Crippen LogP contribution in [0.1, 0.15) is 53.5 Å². The molecule has 2 heterocycles. The van der Waals surface area contributed by atoms with Gasteiger partial charge in [0.25, 0.3) is 5.91 Å². The maximum absolute atomic E-state index is 13.1. The van der Waals surface area contributed by atoms with Gasteiger partial charge >= 0.3 is 0 Å². The van der Waals surface area contributed by atoms with Crippen molar-refractivity contribution in [2.24, 2.45) is 5.92 Å². The molecule has 0 spiro atoms. The molecule has 1 aliphatic heterocycles. The van der Waals surface area contributed by atoms with Gasteiger partial charge in [-0.15, -0.1) is 0 Å². The molecule has 6 heteroatoms. The highest BCUT2D eigenvalue weighted by Gasteiger charge is 2.30.